The Morgan fingerprint density at radius 1 is 1.04 bits per heavy atom. The summed E-state index contributed by atoms with van der Waals surface area (Å²) in [6.45, 7) is 4.65. The van der Waals surface area contributed by atoms with Crippen LogP contribution in [0.3, 0.4) is 0 Å². The second-order valence-corrected chi connectivity index (χ2v) is 5.61. The summed E-state index contributed by atoms with van der Waals surface area (Å²) in [5.74, 6) is 0.837. The molecule has 128 valence electrons. The number of hydrogen-bond donors (Lipinski definition) is 2. The average Bonchev–Trinajstić information content (AvgIpc) is 2.59. The van der Waals surface area contributed by atoms with Crippen LogP contribution in [0.4, 0.5) is 16.0 Å². The molecule has 1 amide bonds. The highest BCUT2D eigenvalue weighted by atomic mass is 19.1. The largest absolute Gasteiger partial charge is 0.368 e. The Morgan fingerprint density at radius 2 is 1.67 bits per heavy atom. The number of nitrogens with one attached hydrogen (secondary N) is 2. The van der Waals surface area contributed by atoms with Gasteiger partial charge < -0.3 is 10.6 Å². The van der Waals surface area contributed by atoms with E-state index in [0.717, 1.165) is 24.8 Å². The first-order valence-corrected chi connectivity index (χ1v) is 8.25. The highest BCUT2D eigenvalue weighted by Gasteiger charge is 2.14. The zero-order valence-electron chi connectivity index (χ0n) is 14.1. The number of halogens is 1. The Labute approximate surface area is 141 Å². The lowest BCUT2D eigenvalue weighted by Gasteiger charge is -2.12. The number of benzene rings is 1. The van der Waals surface area contributed by atoms with Crippen molar-refractivity contribution in [1.82, 2.24) is 10.2 Å². The lowest BCUT2D eigenvalue weighted by molar-refractivity contribution is -0.120. The van der Waals surface area contributed by atoms with Gasteiger partial charge in [-0.2, -0.15) is 0 Å². The summed E-state index contributed by atoms with van der Waals surface area (Å²) < 4.78 is 12.8. The molecule has 1 heterocycles. The molecular formula is C18H23FN4O. The third kappa shape index (κ3) is 5.30. The summed E-state index contributed by atoms with van der Waals surface area (Å²) in [7, 11) is 0. The Morgan fingerprint density at radius 3 is 2.25 bits per heavy atom. The third-order valence-corrected chi connectivity index (χ3v) is 3.91. The van der Waals surface area contributed by atoms with Gasteiger partial charge in [-0.25, -0.2) is 4.39 Å². The maximum Gasteiger partial charge on any atom is 0.228 e. The van der Waals surface area contributed by atoms with E-state index in [0.29, 0.717) is 18.2 Å². The van der Waals surface area contributed by atoms with Crippen LogP contribution in [0.1, 0.15) is 32.3 Å². The van der Waals surface area contributed by atoms with Crippen molar-refractivity contribution >= 4 is 17.5 Å². The second kappa shape index (κ2) is 8.96. The molecular weight excluding hydrogens is 307 g/mol. The Balaban J connectivity index is 1.81. The van der Waals surface area contributed by atoms with Crippen LogP contribution in [0, 0.1) is 11.7 Å². The standard InChI is InChI=1S/C18H23FN4O/c1-3-14(4-2)18(24)21-17-10-9-16(22-23-17)20-12-11-13-5-7-15(19)8-6-13/h5-10,14H,3-4,11-12H2,1-2H3,(H,20,22)(H,21,23,24). The Kier molecular flexibility index (Phi) is 6.66. The maximum absolute atomic E-state index is 12.8. The number of carbonyl (C=O) groups excluding carboxylic acids is 1. The lowest BCUT2D eigenvalue weighted by atomic mass is 10.0. The van der Waals surface area contributed by atoms with Crippen LogP contribution >= 0.6 is 0 Å². The molecule has 0 bridgehead atoms. The van der Waals surface area contributed by atoms with Gasteiger partial charge in [0.15, 0.2) is 5.82 Å². The molecule has 1 aromatic carbocycles. The van der Waals surface area contributed by atoms with Crippen LogP contribution in [0.2, 0.25) is 0 Å². The zero-order valence-corrected chi connectivity index (χ0v) is 14.1. The minimum Gasteiger partial charge on any atom is -0.368 e. The van der Waals surface area contributed by atoms with E-state index in [2.05, 4.69) is 20.8 Å². The van der Waals surface area contributed by atoms with Crippen LogP contribution in [0.25, 0.3) is 0 Å². The topological polar surface area (TPSA) is 66.9 Å². The first-order chi connectivity index (χ1) is 11.6. The summed E-state index contributed by atoms with van der Waals surface area (Å²) >= 11 is 0. The molecule has 0 aliphatic heterocycles. The number of hydrogen-bond acceptors (Lipinski definition) is 4. The fourth-order valence-corrected chi connectivity index (χ4v) is 2.37. The van der Waals surface area contributed by atoms with Gasteiger partial charge in [0.1, 0.15) is 11.6 Å². The molecule has 0 unspecified atom stereocenters. The van der Waals surface area contributed by atoms with Crippen LogP contribution in [0.5, 0.6) is 0 Å². The van der Waals surface area contributed by atoms with Crippen molar-refractivity contribution in [2.45, 2.75) is 33.1 Å². The van der Waals surface area contributed by atoms with E-state index in [1.807, 2.05) is 13.8 Å². The van der Waals surface area contributed by atoms with Gasteiger partial charge in [-0.1, -0.05) is 26.0 Å². The van der Waals surface area contributed by atoms with Gasteiger partial charge in [-0.15, -0.1) is 10.2 Å². The molecule has 2 aromatic rings. The van der Waals surface area contributed by atoms with Crippen molar-refractivity contribution < 1.29 is 9.18 Å². The van der Waals surface area contributed by atoms with Gasteiger partial charge in [0.25, 0.3) is 0 Å². The molecule has 24 heavy (non-hydrogen) atoms. The highest BCUT2D eigenvalue weighted by molar-refractivity contribution is 5.91. The van der Waals surface area contributed by atoms with E-state index in [1.165, 1.54) is 12.1 Å². The summed E-state index contributed by atoms with van der Waals surface area (Å²) in [6, 6.07) is 9.94. The first-order valence-electron chi connectivity index (χ1n) is 8.25. The molecule has 0 fully saturated rings. The quantitative estimate of drug-likeness (QED) is 0.775. The number of nitrogens with zero attached hydrogens (tertiary/aromatic N) is 2. The molecule has 0 saturated carbocycles. The molecule has 6 heteroatoms. The monoisotopic (exact) mass is 330 g/mol. The minimum absolute atomic E-state index is 0.000288. The fraction of sp³-hybridized carbons (Fsp3) is 0.389. The van der Waals surface area contributed by atoms with Crippen LogP contribution in [-0.4, -0.2) is 22.6 Å². The van der Waals surface area contributed by atoms with E-state index in [9.17, 15) is 9.18 Å². The summed E-state index contributed by atoms with van der Waals surface area (Å²) in [6.07, 6.45) is 2.37. The maximum atomic E-state index is 12.8. The van der Waals surface area contributed by atoms with Crippen LogP contribution < -0.4 is 10.6 Å². The Bertz CT molecular complexity index is 639. The number of rotatable bonds is 8. The van der Waals surface area contributed by atoms with E-state index >= 15 is 0 Å². The van der Waals surface area contributed by atoms with Gasteiger partial charge >= 0.3 is 0 Å². The van der Waals surface area contributed by atoms with E-state index in [1.54, 1.807) is 24.3 Å². The molecule has 0 aliphatic rings. The summed E-state index contributed by atoms with van der Waals surface area (Å²) in [5, 5.41) is 14.0. The van der Waals surface area contributed by atoms with Gasteiger partial charge in [-0.3, -0.25) is 4.79 Å². The number of anilines is 2. The fourth-order valence-electron chi connectivity index (χ4n) is 2.37. The highest BCUT2D eigenvalue weighted by Crippen LogP contribution is 2.12. The van der Waals surface area contributed by atoms with E-state index < -0.39 is 0 Å². The number of amides is 1. The molecule has 0 spiro atoms. The van der Waals surface area contributed by atoms with Crippen molar-refractivity contribution in [2.75, 3.05) is 17.2 Å². The molecule has 2 rings (SSSR count). The molecule has 5 nitrogen and oxygen atoms in total. The molecule has 2 N–H and O–H groups in total. The van der Waals surface area contributed by atoms with Crippen molar-refractivity contribution in [3.63, 3.8) is 0 Å². The molecule has 0 aliphatic carbocycles. The summed E-state index contributed by atoms with van der Waals surface area (Å²) in [5.41, 5.74) is 1.05. The minimum atomic E-state index is -0.233. The normalized spacial score (nSPS) is 10.7. The van der Waals surface area contributed by atoms with Crippen molar-refractivity contribution in [3.05, 3.63) is 47.8 Å². The van der Waals surface area contributed by atoms with Gasteiger partial charge in [-0.05, 0) is 49.1 Å². The smallest absolute Gasteiger partial charge is 0.228 e. The second-order valence-electron chi connectivity index (χ2n) is 5.61. The Hall–Kier alpha value is -2.50. The van der Waals surface area contributed by atoms with Gasteiger partial charge in [0.05, 0.1) is 0 Å². The van der Waals surface area contributed by atoms with Gasteiger partial charge in [0, 0.05) is 12.5 Å². The van der Waals surface area contributed by atoms with E-state index in [-0.39, 0.29) is 17.6 Å². The lowest BCUT2D eigenvalue weighted by Crippen LogP contribution is -2.22. The van der Waals surface area contributed by atoms with Crippen LogP contribution in [0.15, 0.2) is 36.4 Å². The van der Waals surface area contributed by atoms with Crippen molar-refractivity contribution in [2.24, 2.45) is 5.92 Å². The van der Waals surface area contributed by atoms with Crippen molar-refractivity contribution in [1.29, 1.82) is 0 Å². The first kappa shape index (κ1) is 17.8. The molecule has 0 saturated heterocycles. The van der Waals surface area contributed by atoms with Gasteiger partial charge in [0.2, 0.25) is 5.91 Å². The number of carbonyl (C=O) groups is 1. The predicted octanol–water partition coefficient (Wildman–Crippen LogP) is 3.65. The average molecular weight is 330 g/mol. The summed E-state index contributed by atoms with van der Waals surface area (Å²) in [4.78, 5) is 12.0. The molecule has 0 atom stereocenters. The zero-order chi connectivity index (χ0) is 17.4. The molecule has 0 radical (unpaired) electrons. The predicted molar refractivity (Wildman–Crippen MR) is 93.3 cm³/mol. The third-order valence-electron chi connectivity index (χ3n) is 3.91. The van der Waals surface area contributed by atoms with E-state index in [4.69, 9.17) is 0 Å². The SMILES string of the molecule is CCC(CC)C(=O)Nc1ccc(NCCc2ccc(F)cc2)nn1. The number of aromatic nitrogens is 2. The molecule has 1 aromatic heterocycles. The van der Waals surface area contributed by atoms with Crippen molar-refractivity contribution in [3.8, 4) is 0 Å². The van der Waals surface area contributed by atoms with Crippen LogP contribution in [-0.2, 0) is 11.2 Å².